The van der Waals surface area contributed by atoms with Gasteiger partial charge in [0.1, 0.15) is 29.3 Å². The van der Waals surface area contributed by atoms with Gasteiger partial charge in [-0.1, -0.05) is 0 Å². The zero-order chi connectivity index (χ0) is 26.2. The van der Waals surface area contributed by atoms with E-state index in [4.69, 9.17) is 10.5 Å². The minimum Gasteiger partial charge on any atom is -0.480 e. The highest BCUT2D eigenvalue weighted by Crippen LogP contribution is 2.33. The number of fused-ring (bicyclic) bond motifs is 1. The summed E-state index contributed by atoms with van der Waals surface area (Å²) < 4.78 is 60.1. The quantitative estimate of drug-likeness (QED) is 0.398. The Morgan fingerprint density at radius 3 is 2.67 bits per heavy atom. The van der Waals surface area contributed by atoms with Crippen molar-refractivity contribution in [3.63, 3.8) is 0 Å². The Labute approximate surface area is 201 Å². The van der Waals surface area contributed by atoms with Gasteiger partial charge in [-0.3, -0.25) is 4.79 Å². The first-order valence-corrected chi connectivity index (χ1v) is 10.3. The van der Waals surface area contributed by atoms with Crippen LogP contribution in [0.1, 0.15) is 40.0 Å². The number of anilines is 1. The normalized spacial score (nSPS) is 12.2. The fourth-order valence-corrected chi connectivity index (χ4v) is 3.68. The number of alkyl halides is 3. The largest absolute Gasteiger partial charge is 0.480 e. The molecule has 0 radical (unpaired) electrons. The second-order valence-electron chi connectivity index (χ2n) is 7.67. The summed E-state index contributed by atoms with van der Waals surface area (Å²) >= 11 is 0. The molecule has 1 unspecified atom stereocenters. The maximum Gasteiger partial charge on any atom is 0.416 e. The number of methoxy groups -OCH3 is 1. The van der Waals surface area contributed by atoms with Crippen molar-refractivity contribution in [3.8, 4) is 23.2 Å². The molecule has 13 heteroatoms. The Hall–Kier alpha value is -4.73. The van der Waals surface area contributed by atoms with E-state index in [2.05, 4.69) is 20.4 Å². The topological polar surface area (TPSA) is 131 Å². The van der Waals surface area contributed by atoms with E-state index in [0.29, 0.717) is 29.3 Å². The van der Waals surface area contributed by atoms with Crippen molar-refractivity contribution in [2.24, 2.45) is 0 Å². The van der Waals surface area contributed by atoms with Crippen molar-refractivity contribution in [2.75, 3.05) is 12.8 Å². The van der Waals surface area contributed by atoms with Crippen molar-refractivity contribution in [1.29, 1.82) is 5.26 Å². The monoisotopic (exact) mass is 499 g/mol. The molecule has 4 rings (SSSR count). The fourth-order valence-electron chi connectivity index (χ4n) is 3.68. The molecule has 3 heterocycles. The van der Waals surface area contributed by atoms with E-state index in [1.54, 1.807) is 0 Å². The summed E-state index contributed by atoms with van der Waals surface area (Å²) in [6.45, 7) is 1.34. The van der Waals surface area contributed by atoms with Crippen LogP contribution in [0.15, 0.2) is 42.9 Å². The van der Waals surface area contributed by atoms with Crippen molar-refractivity contribution in [2.45, 2.75) is 19.1 Å². The number of nitrogens with one attached hydrogen (secondary N) is 1. The number of carbonyl (C=O) groups is 1. The van der Waals surface area contributed by atoms with Crippen LogP contribution in [0, 0.1) is 17.1 Å². The summed E-state index contributed by atoms with van der Waals surface area (Å²) in [6.07, 6.45) is -2.13. The molecule has 0 saturated carbocycles. The lowest BCUT2D eigenvalue weighted by Crippen LogP contribution is -2.28. The van der Waals surface area contributed by atoms with Crippen LogP contribution in [-0.2, 0) is 6.18 Å². The summed E-state index contributed by atoms with van der Waals surface area (Å²) in [6, 6.07) is 5.70. The Bertz CT molecular complexity index is 1530. The lowest BCUT2D eigenvalue weighted by Gasteiger charge is -2.18. The van der Waals surface area contributed by atoms with Gasteiger partial charge >= 0.3 is 6.18 Å². The molecule has 0 aliphatic heterocycles. The highest BCUT2D eigenvalue weighted by atomic mass is 19.4. The number of nitrogens with zero attached hydrogens (tertiary/aromatic N) is 5. The van der Waals surface area contributed by atoms with Gasteiger partial charge in [0.25, 0.3) is 5.91 Å². The van der Waals surface area contributed by atoms with Gasteiger partial charge in [0.15, 0.2) is 5.82 Å². The van der Waals surface area contributed by atoms with Crippen LogP contribution in [0.25, 0.3) is 16.8 Å². The number of hydrogen-bond acceptors (Lipinski definition) is 7. The van der Waals surface area contributed by atoms with Gasteiger partial charge in [-0.05, 0) is 37.3 Å². The Morgan fingerprint density at radius 1 is 1.25 bits per heavy atom. The number of carbonyl (C=O) groups excluding carboxylic acids is 1. The molecule has 0 aliphatic rings. The first-order valence-electron chi connectivity index (χ1n) is 10.3. The number of nitrogen functional groups attached to an aromatic ring is 1. The molecule has 1 aromatic carbocycles. The molecule has 0 aliphatic carbocycles. The maximum atomic E-state index is 14.3. The zero-order valence-electron chi connectivity index (χ0n) is 18.8. The number of amides is 1. The first kappa shape index (κ1) is 24.4. The van der Waals surface area contributed by atoms with Gasteiger partial charge < -0.3 is 15.8 Å². The van der Waals surface area contributed by atoms with Crippen LogP contribution in [-0.4, -0.2) is 32.6 Å². The fraction of sp³-hybridized carbons (Fsp3) is 0.174. The minimum atomic E-state index is -4.68. The van der Waals surface area contributed by atoms with Crippen molar-refractivity contribution >= 4 is 17.2 Å². The standard InChI is InChI=1S/C23H17F4N7O2/c1-11(15-7-14(23(25,26)27)3-4-17(15)24)33-21(35)16-5-13(9-30-22(16)36-2)19-12(8-28)6-18-20(29)31-10-32-34(18)19/h3-7,9-11H,1-2H3,(H,33,35)(H2,29,31,32). The number of benzene rings is 1. The van der Waals surface area contributed by atoms with E-state index >= 15 is 0 Å². The van der Waals surface area contributed by atoms with Crippen LogP contribution in [0.3, 0.4) is 0 Å². The lowest BCUT2D eigenvalue weighted by atomic mass is 10.0. The molecule has 3 aromatic heterocycles. The van der Waals surface area contributed by atoms with Gasteiger partial charge in [-0.2, -0.15) is 23.5 Å². The molecule has 0 saturated heterocycles. The molecule has 1 atom stereocenters. The second kappa shape index (κ2) is 9.14. The molecule has 3 N–H and O–H groups in total. The summed E-state index contributed by atoms with van der Waals surface area (Å²) in [5, 5.41) is 16.2. The number of aromatic nitrogens is 4. The average Bonchev–Trinajstić information content (AvgIpc) is 3.23. The van der Waals surface area contributed by atoms with E-state index in [1.807, 2.05) is 6.07 Å². The molecule has 1 amide bonds. The Kier molecular flexibility index (Phi) is 6.19. The van der Waals surface area contributed by atoms with E-state index < -0.39 is 29.5 Å². The highest BCUT2D eigenvalue weighted by molar-refractivity contribution is 5.98. The predicted octanol–water partition coefficient (Wildman–Crippen LogP) is 3.90. The zero-order valence-corrected chi connectivity index (χ0v) is 18.8. The number of pyridine rings is 1. The van der Waals surface area contributed by atoms with Crippen molar-refractivity contribution in [1.82, 2.24) is 24.9 Å². The molecule has 0 bridgehead atoms. The molecular formula is C23H17F4N7O2. The molecule has 9 nitrogen and oxygen atoms in total. The highest BCUT2D eigenvalue weighted by Gasteiger charge is 2.32. The van der Waals surface area contributed by atoms with Gasteiger partial charge in [0.2, 0.25) is 5.88 Å². The van der Waals surface area contributed by atoms with Gasteiger partial charge in [-0.15, -0.1) is 0 Å². The third kappa shape index (κ3) is 4.36. The number of hydrogen-bond donors (Lipinski definition) is 2. The second-order valence-corrected chi connectivity index (χ2v) is 7.67. The van der Waals surface area contributed by atoms with Gasteiger partial charge in [-0.25, -0.2) is 18.9 Å². The number of halogens is 4. The molecular weight excluding hydrogens is 482 g/mol. The van der Waals surface area contributed by atoms with E-state index in [-0.39, 0.29) is 34.1 Å². The SMILES string of the molecule is COc1ncc(-c2c(C#N)cc3c(N)ncnn23)cc1C(=O)NC(C)c1cc(C(F)(F)F)ccc1F. The van der Waals surface area contributed by atoms with Crippen molar-refractivity contribution in [3.05, 3.63) is 70.9 Å². The smallest absolute Gasteiger partial charge is 0.416 e. The molecule has 4 aromatic rings. The molecule has 184 valence electrons. The van der Waals surface area contributed by atoms with Crippen LogP contribution >= 0.6 is 0 Å². The summed E-state index contributed by atoms with van der Waals surface area (Å²) in [5.74, 6) is -1.67. The predicted molar refractivity (Wildman–Crippen MR) is 119 cm³/mol. The number of nitrogens with two attached hydrogens (primary N) is 1. The van der Waals surface area contributed by atoms with E-state index in [0.717, 1.165) is 0 Å². The maximum absolute atomic E-state index is 14.3. The summed E-state index contributed by atoms with van der Waals surface area (Å²) in [7, 11) is 1.27. The van der Waals surface area contributed by atoms with Crippen LogP contribution in [0.4, 0.5) is 23.4 Å². The van der Waals surface area contributed by atoms with E-state index in [1.165, 1.54) is 43.2 Å². The van der Waals surface area contributed by atoms with Gasteiger partial charge in [0.05, 0.1) is 30.0 Å². The Morgan fingerprint density at radius 2 is 2.00 bits per heavy atom. The summed E-state index contributed by atoms with van der Waals surface area (Å²) in [4.78, 5) is 21.1. The summed E-state index contributed by atoms with van der Waals surface area (Å²) in [5.41, 5.74) is 5.49. The Balaban J connectivity index is 1.74. The van der Waals surface area contributed by atoms with E-state index in [9.17, 15) is 27.6 Å². The number of nitriles is 1. The molecule has 0 spiro atoms. The minimum absolute atomic E-state index is 0.0959. The van der Waals surface area contributed by atoms with Gasteiger partial charge in [0, 0.05) is 17.3 Å². The number of rotatable bonds is 5. The van der Waals surface area contributed by atoms with Crippen LogP contribution in [0.5, 0.6) is 5.88 Å². The third-order valence-electron chi connectivity index (χ3n) is 5.42. The lowest BCUT2D eigenvalue weighted by molar-refractivity contribution is -0.137. The molecule has 0 fully saturated rings. The number of ether oxygens (including phenoxy) is 1. The van der Waals surface area contributed by atoms with Crippen molar-refractivity contribution < 1.29 is 27.1 Å². The molecule has 36 heavy (non-hydrogen) atoms. The average molecular weight is 499 g/mol. The first-order chi connectivity index (χ1) is 17.0. The van der Waals surface area contributed by atoms with Crippen LogP contribution in [0.2, 0.25) is 0 Å². The third-order valence-corrected chi connectivity index (χ3v) is 5.42. The van der Waals surface area contributed by atoms with Crippen LogP contribution < -0.4 is 15.8 Å².